The zero-order valence-corrected chi connectivity index (χ0v) is 10.4. The van der Waals surface area contributed by atoms with E-state index >= 15 is 0 Å². The van der Waals surface area contributed by atoms with E-state index in [1.165, 1.54) is 0 Å². The van der Waals surface area contributed by atoms with Crippen LogP contribution in [0.4, 0.5) is 0 Å². The monoisotopic (exact) mass is 238 g/mol. The van der Waals surface area contributed by atoms with Crippen molar-refractivity contribution in [2.24, 2.45) is 0 Å². The summed E-state index contributed by atoms with van der Waals surface area (Å²) in [6.07, 6.45) is 0. The molecule has 0 amide bonds. The smallest absolute Gasteiger partial charge is 0.293 e. The van der Waals surface area contributed by atoms with Crippen molar-refractivity contribution in [1.82, 2.24) is 0 Å². The van der Waals surface area contributed by atoms with Crippen LogP contribution in [0.2, 0.25) is 0 Å². The van der Waals surface area contributed by atoms with Gasteiger partial charge in [-0.25, -0.2) is 0 Å². The SMILES string of the molecule is CC(C)(C)OC=O.O=COCc1ccccc1. The van der Waals surface area contributed by atoms with Crippen LogP contribution in [-0.2, 0) is 25.7 Å². The van der Waals surface area contributed by atoms with Crippen molar-refractivity contribution in [3.63, 3.8) is 0 Å². The molecule has 0 atom stereocenters. The maximum Gasteiger partial charge on any atom is 0.293 e. The normalized spacial score (nSPS) is 9.59. The van der Waals surface area contributed by atoms with Gasteiger partial charge in [-0.2, -0.15) is 0 Å². The summed E-state index contributed by atoms with van der Waals surface area (Å²) < 4.78 is 9.09. The van der Waals surface area contributed by atoms with Crippen LogP contribution in [0.25, 0.3) is 0 Å². The number of hydrogen-bond acceptors (Lipinski definition) is 4. The molecule has 4 nitrogen and oxygen atoms in total. The van der Waals surface area contributed by atoms with Gasteiger partial charge in [0.15, 0.2) is 0 Å². The average Bonchev–Trinajstić information content (AvgIpc) is 2.27. The van der Waals surface area contributed by atoms with E-state index in [1.807, 2.05) is 51.1 Å². The molecule has 0 aliphatic rings. The van der Waals surface area contributed by atoms with E-state index in [4.69, 9.17) is 0 Å². The first-order chi connectivity index (χ1) is 7.99. The van der Waals surface area contributed by atoms with Crippen LogP contribution in [0.3, 0.4) is 0 Å². The van der Waals surface area contributed by atoms with Crippen molar-refractivity contribution in [3.8, 4) is 0 Å². The fraction of sp³-hybridized carbons (Fsp3) is 0.385. The van der Waals surface area contributed by atoms with Crippen LogP contribution in [0.15, 0.2) is 30.3 Å². The first-order valence-corrected chi connectivity index (χ1v) is 5.20. The average molecular weight is 238 g/mol. The van der Waals surface area contributed by atoms with E-state index < -0.39 is 0 Å². The van der Waals surface area contributed by atoms with Gasteiger partial charge < -0.3 is 9.47 Å². The second-order valence-electron chi connectivity index (χ2n) is 4.22. The zero-order chi connectivity index (χ0) is 13.1. The van der Waals surface area contributed by atoms with Crippen molar-refractivity contribution in [2.75, 3.05) is 0 Å². The molecule has 0 fully saturated rings. The van der Waals surface area contributed by atoms with Gasteiger partial charge in [0.25, 0.3) is 12.9 Å². The topological polar surface area (TPSA) is 52.6 Å². The predicted octanol–water partition coefficient (Wildman–Crippen LogP) is 2.32. The maximum atomic E-state index is 9.76. The summed E-state index contributed by atoms with van der Waals surface area (Å²) >= 11 is 0. The van der Waals surface area contributed by atoms with E-state index in [1.54, 1.807) is 0 Å². The molecule has 0 radical (unpaired) electrons. The summed E-state index contributed by atoms with van der Waals surface area (Å²) in [5, 5.41) is 0. The van der Waals surface area contributed by atoms with Crippen molar-refractivity contribution >= 4 is 12.9 Å². The highest BCUT2D eigenvalue weighted by Crippen LogP contribution is 2.02. The Hall–Kier alpha value is -1.84. The maximum absolute atomic E-state index is 9.76. The van der Waals surface area contributed by atoms with Gasteiger partial charge in [-0.15, -0.1) is 0 Å². The Morgan fingerprint density at radius 3 is 2.00 bits per heavy atom. The molecule has 1 aromatic carbocycles. The van der Waals surface area contributed by atoms with Crippen LogP contribution >= 0.6 is 0 Å². The van der Waals surface area contributed by atoms with Gasteiger partial charge in [0.1, 0.15) is 12.2 Å². The molecule has 0 saturated carbocycles. The van der Waals surface area contributed by atoms with Gasteiger partial charge in [0.05, 0.1) is 0 Å². The standard InChI is InChI=1S/C8H8O2.C5H10O2/c9-7-10-6-8-4-2-1-3-5-8;1-5(2,3)7-4-6/h1-5,7H,6H2;4H,1-3H3. The van der Waals surface area contributed by atoms with E-state index in [9.17, 15) is 9.59 Å². The highest BCUT2D eigenvalue weighted by Gasteiger charge is 2.07. The summed E-state index contributed by atoms with van der Waals surface area (Å²) in [5.41, 5.74) is 0.691. The third kappa shape index (κ3) is 10.4. The first-order valence-electron chi connectivity index (χ1n) is 5.20. The minimum absolute atomic E-state index is 0.318. The molecular weight excluding hydrogens is 220 g/mol. The Morgan fingerprint density at radius 1 is 1.06 bits per heavy atom. The molecule has 0 spiro atoms. The Balaban J connectivity index is 0.000000325. The Labute approximate surface area is 102 Å². The lowest BCUT2D eigenvalue weighted by molar-refractivity contribution is -0.138. The summed E-state index contributed by atoms with van der Waals surface area (Å²) in [5.74, 6) is 0. The highest BCUT2D eigenvalue weighted by atomic mass is 16.5. The van der Waals surface area contributed by atoms with Crippen molar-refractivity contribution in [2.45, 2.75) is 33.0 Å². The van der Waals surface area contributed by atoms with Crippen molar-refractivity contribution < 1.29 is 19.1 Å². The minimum Gasteiger partial charge on any atom is -0.463 e. The predicted molar refractivity (Wildman–Crippen MR) is 64.2 cm³/mol. The van der Waals surface area contributed by atoms with Crippen LogP contribution in [0.1, 0.15) is 26.3 Å². The van der Waals surface area contributed by atoms with E-state index in [0.29, 0.717) is 19.6 Å². The molecule has 0 saturated heterocycles. The zero-order valence-electron chi connectivity index (χ0n) is 10.4. The van der Waals surface area contributed by atoms with Crippen LogP contribution < -0.4 is 0 Å². The van der Waals surface area contributed by atoms with E-state index in [-0.39, 0.29) is 5.60 Å². The molecule has 1 aromatic rings. The summed E-state index contributed by atoms with van der Waals surface area (Å²) in [6.45, 7) is 6.74. The number of carbonyl (C=O) groups is 2. The summed E-state index contributed by atoms with van der Waals surface area (Å²) in [4.78, 5) is 19.4. The molecular formula is C13H18O4. The van der Waals surface area contributed by atoms with Gasteiger partial charge in [0, 0.05) is 0 Å². The number of carbonyl (C=O) groups excluding carboxylic acids is 2. The van der Waals surface area contributed by atoms with Crippen LogP contribution in [0, 0.1) is 0 Å². The quantitative estimate of drug-likeness (QED) is 0.755. The van der Waals surface area contributed by atoms with Crippen LogP contribution in [0.5, 0.6) is 0 Å². The second kappa shape index (κ2) is 8.33. The molecule has 0 aliphatic heterocycles. The third-order valence-corrected chi connectivity index (χ3v) is 1.56. The second-order valence-corrected chi connectivity index (χ2v) is 4.22. The van der Waals surface area contributed by atoms with Crippen LogP contribution in [-0.4, -0.2) is 18.5 Å². The Bertz CT molecular complexity index is 314. The van der Waals surface area contributed by atoms with Gasteiger partial charge in [-0.05, 0) is 26.3 Å². The molecule has 94 valence electrons. The van der Waals surface area contributed by atoms with Crippen molar-refractivity contribution in [1.29, 1.82) is 0 Å². The van der Waals surface area contributed by atoms with Crippen molar-refractivity contribution in [3.05, 3.63) is 35.9 Å². The Morgan fingerprint density at radius 2 is 1.65 bits per heavy atom. The van der Waals surface area contributed by atoms with E-state index in [0.717, 1.165) is 5.56 Å². The molecule has 0 aromatic heterocycles. The molecule has 0 bridgehead atoms. The molecule has 17 heavy (non-hydrogen) atoms. The number of benzene rings is 1. The molecule has 0 aliphatic carbocycles. The summed E-state index contributed by atoms with van der Waals surface area (Å²) in [6, 6.07) is 9.55. The largest absolute Gasteiger partial charge is 0.463 e. The number of hydrogen-bond donors (Lipinski definition) is 0. The molecule has 0 N–H and O–H groups in total. The fourth-order valence-electron chi connectivity index (χ4n) is 0.849. The first kappa shape index (κ1) is 15.2. The number of rotatable bonds is 4. The van der Waals surface area contributed by atoms with Gasteiger partial charge in [-0.1, -0.05) is 30.3 Å². The highest BCUT2D eigenvalue weighted by molar-refractivity contribution is 5.38. The molecule has 0 unspecified atom stereocenters. The van der Waals surface area contributed by atoms with Gasteiger partial charge >= 0.3 is 0 Å². The Kier molecular flexibility index (Phi) is 7.43. The molecule has 4 heteroatoms. The lowest BCUT2D eigenvalue weighted by Crippen LogP contribution is -2.17. The minimum atomic E-state index is -0.318. The lowest BCUT2D eigenvalue weighted by Gasteiger charge is -2.14. The van der Waals surface area contributed by atoms with Gasteiger partial charge in [-0.3, -0.25) is 9.59 Å². The molecule has 1 rings (SSSR count). The lowest BCUT2D eigenvalue weighted by atomic mass is 10.2. The summed E-state index contributed by atoms with van der Waals surface area (Å²) in [7, 11) is 0. The molecule has 0 heterocycles. The number of ether oxygens (including phenoxy) is 2. The van der Waals surface area contributed by atoms with E-state index in [2.05, 4.69) is 9.47 Å². The fourth-order valence-corrected chi connectivity index (χ4v) is 0.849. The van der Waals surface area contributed by atoms with Gasteiger partial charge in [0.2, 0.25) is 0 Å². The third-order valence-electron chi connectivity index (χ3n) is 1.56.